The summed E-state index contributed by atoms with van der Waals surface area (Å²) in [4.78, 5) is 12.4. The summed E-state index contributed by atoms with van der Waals surface area (Å²) >= 11 is 0. The molecular weight excluding hydrogens is 394 g/mol. The lowest BCUT2D eigenvalue weighted by Crippen LogP contribution is -2.35. The highest BCUT2D eigenvalue weighted by Gasteiger charge is 2.29. The van der Waals surface area contributed by atoms with Gasteiger partial charge < -0.3 is 14.5 Å². The van der Waals surface area contributed by atoms with Crippen molar-refractivity contribution in [3.05, 3.63) is 42.4 Å². The van der Waals surface area contributed by atoms with Crippen LogP contribution in [0.4, 0.5) is 5.69 Å². The Morgan fingerprint density at radius 1 is 1.24 bits per heavy atom. The Hall–Kier alpha value is -2.36. The average Bonchev–Trinajstić information content (AvgIpc) is 3.27. The first kappa shape index (κ1) is 21.4. The number of sulfonamides is 1. The van der Waals surface area contributed by atoms with Gasteiger partial charge >= 0.3 is 0 Å². The van der Waals surface area contributed by atoms with E-state index in [1.165, 1.54) is 17.5 Å². The number of carbonyl (C=O) groups is 1. The molecule has 1 atom stereocenters. The number of hydrogen-bond donors (Lipinski definition) is 2. The number of benzene rings is 1. The van der Waals surface area contributed by atoms with Gasteiger partial charge in [-0.2, -0.15) is 4.31 Å². The predicted molar refractivity (Wildman–Crippen MR) is 109 cm³/mol. The van der Waals surface area contributed by atoms with Crippen LogP contribution in [0.15, 0.2) is 45.9 Å². The molecule has 29 heavy (non-hydrogen) atoms. The summed E-state index contributed by atoms with van der Waals surface area (Å²) in [7, 11) is -2.26. The normalized spacial score (nSPS) is 16.3. The van der Waals surface area contributed by atoms with Crippen molar-refractivity contribution in [3.63, 3.8) is 0 Å². The van der Waals surface area contributed by atoms with Crippen molar-refractivity contribution in [2.24, 2.45) is 0 Å². The van der Waals surface area contributed by atoms with Gasteiger partial charge in [-0.05, 0) is 50.1 Å². The number of anilines is 1. The zero-order chi connectivity index (χ0) is 20.9. The van der Waals surface area contributed by atoms with Crippen LogP contribution in [0.2, 0.25) is 0 Å². The van der Waals surface area contributed by atoms with Crippen molar-refractivity contribution in [2.45, 2.75) is 37.1 Å². The van der Waals surface area contributed by atoms with E-state index in [-0.39, 0.29) is 29.1 Å². The molecule has 8 nitrogen and oxygen atoms in total. The van der Waals surface area contributed by atoms with Crippen LogP contribution in [0, 0.1) is 0 Å². The molecule has 1 fully saturated rings. The van der Waals surface area contributed by atoms with Gasteiger partial charge in [0.15, 0.2) is 0 Å². The maximum atomic E-state index is 13.1. The minimum Gasteiger partial charge on any atom is -0.495 e. The van der Waals surface area contributed by atoms with E-state index in [1.807, 2.05) is 13.0 Å². The van der Waals surface area contributed by atoms with Crippen molar-refractivity contribution in [2.75, 3.05) is 32.1 Å². The van der Waals surface area contributed by atoms with Crippen LogP contribution >= 0.6 is 0 Å². The summed E-state index contributed by atoms with van der Waals surface area (Å²) in [6.07, 6.45) is 4.30. The molecule has 1 amide bonds. The maximum absolute atomic E-state index is 13.1. The molecule has 3 rings (SSSR count). The second kappa shape index (κ2) is 9.43. The van der Waals surface area contributed by atoms with Gasteiger partial charge in [-0.15, -0.1) is 0 Å². The van der Waals surface area contributed by atoms with Crippen LogP contribution in [-0.4, -0.2) is 45.4 Å². The largest absolute Gasteiger partial charge is 0.495 e. The molecule has 0 saturated carbocycles. The maximum Gasteiger partial charge on any atom is 0.246 e. The van der Waals surface area contributed by atoms with E-state index in [0.29, 0.717) is 18.8 Å². The molecule has 0 radical (unpaired) electrons. The molecular formula is C20H27N3O5S. The zero-order valence-corrected chi connectivity index (χ0v) is 17.5. The number of hydrogen-bond acceptors (Lipinski definition) is 6. The first-order valence-corrected chi connectivity index (χ1v) is 11.1. The highest BCUT2D eigenvalue weighted by Crippen LogP contribution is 2.31. The monoisotopic (exact) mass is 421 g/mol. The standard InChI is InChI=1S/C20H27N3O5S/c1-15(17-7-6-12-28-17)21-14-20(24)22-16-8-9-18(27-2)19(13-16)29(25,26)23-10-4-3-5-11-23/h6-9,12-13,15,21H,3-5,10-11,14H2,1-2H3,(H,22,24)/t15-/m0/s1. The number of ether oxygens (including phenoxy) is 1. The molecule has 9 heteroatoms. The number of nitrogens with one attached hydrogen (secondary N) is 2. The highest BCUT2D eigenvalue weighted by molar-refractivity contribution is 7.89. The second-order valence-electron chi connectivity index (χ2n) is 7.00. The molecule has 0 unspecified atom stereocenters. The smallest absolute Gasteiger partial charge is 0.246 e. The van der Waals surface area contributed by atoms with Crippen molar-refractivity contribution in [1.29, 1.82) is 0 Å². The Kier molecular flexibility index (Phi) is 6.94. The van der Waals surface area contributed by atoms with Gasteiger partial charge in [-0.1, -0.05) is 6.42 Å². The molecule has 0 spiro atoms. The zero-order valence-electron chi connectivity index (χ0n) is 16.7. The molecule has 1 aromatic heterocycles. The number of nitrogens with zero attached hydrogens (tertiary/aromatic N) is 1. The molecule has 1 aliphatic rings. The van der Waals surface area contributed by atoms with E-state index in [4.69, 9.17) is 9.15 Å². The molecule has 0 bridgehead atoms. The van der Waals surface area contributed by atoms with E-state index in [2.05, 4.69) is 10.6 Å². The fraction of sp³-hybridized carbons (Fsp3) is 0.450. The van der Waals surface area contributed by atoms with Crippen molar-refractivity contribution >= 4 is 21.6 Å². The molecule has 2 heterocycles. The summed E-state index contributed by atoms with van der Waals surface area (Å²) in [6.45, 7) is 2.94. The fourth-order valence-corrected chi connectivity index (χ4v) is 4.99. The molecule has 1 aliphatic heterocycles. The van der Waals surface area contributed by atoms with Crippen molar-refractivity contribution in [3.8, 4) is 5.75 Å². The fourth-order valence-electron chi connectivity index (χ4n) is 3.29. The third-order valence-corrected chi connectivity index (χ3v) is 6.84. The summed E-state index contributed by atoms with van der Waals surface area (Å²) in [5.41, 5.74) is 0.402. The number of piperidine rings is 1. The summed E-state index contributed by atoms with van der Waals surface area (Å²) in [5, 5.41) is 5.81. The molecule has 0 aliphatic carbocycles. The van der Waals surface area contributed by atoms with E-state index in [0.717, 1.165) is 25.0 Å². The Morgan fingerprint density at radius 3 is 2.66 bits per heavy atom. The van der Waals surface area contributed by atoms with Crippen LogP contribution in [0.3, 0.4) is 0 Å². The second-order valence-corrected chi connectivity index (χ2v) is 8.90. The van der Waals surface area contributed by atoms with Crippen molar-refractivity contribution in [1.82, 2.24) is 9.62 Å². The van der Waals surface area contributed by atoms with Crippen LogP contribution in [0.1, 0.15) is 38.0 Å². The lowest BCUT2D eigenvalue weighted by molar-refractivity contribution is -0.115. The van der Waals surface area contributed by atoms with Crippen LogP contribution in [-0.2, 0) is 14.8 Å². The molecule has 2 N–H and O–H groups in total. The Morgan fingerprint density at radius 2 is 2.00 bits per heavy atom. The van der Waals surface area contributed by atoms with Gasteiger partial charge in [-0.25, -0.2) is 8.42 Å². The predicted octanol–water partition coefficient (Wildman–Crippen LogP) is 2.75. The van der Waals surface area contributed by atoms with Gasteiger partial charge in [0.2, 0.25) is 15.9 Å². The third kappa shape index (κ3) is 5.17. The Labute approximate surface area is 171 Å². The van der Waals surface area contributed by atoms with Crippen LogP contribution in [0.5, 0.6) is 5.75 Å². The molecule has 1 aromatic carbocycles. The van der Waals surface area contributed by atoms with E-state index in [1.54, 1.807) is 24.5 Å². The number of furan rings is 1. The Bertz CT molecular complexity index is 922. The third-order valence-electron chi connectivity index (χ3n) is 4.92. The molecule has 158 valence electrons. The average molecular weight is 422 g/mol. The van der Waals surface area contributed by atoms with Crippen LogP contribution < -0.4 is 15.4 Å². The first-order chi connectivity index (χ1) is 13.9. The number of rotatable bonds is 8. The van der Waals surface area contributed by atoms with Gasteiger partial charge in [-0.3, -0.25) is 10.1 Å². The van der Waals surface area contributed by atoms with Gasteiger partial charge in [0, 0.05) is 18.8 Å². The lowest BCUT2D eigenvalue weighted by Gasteiger charge is -2.26. The summed E-state index contributed by atoms with van der Waals surface area (Å²) in [6, 6.07) is 8.14. The number of amides is 1. The van der Waals surface area contributed by atoms with Crippen LogP contribution in [0.25, 0.3) is 0 Å². The van der Waals surface area contributed by atoms with E-state index < -0.39 is 10.0 Å². The lowest BCUT2D eigenvalue weighted by atomic mass is 10.2. The highest BCUT2D eigenvalue weighted by atomic mass is 32.2. The molecule has 1 saturated heterocycles. The molecule has 2 aromatic rings. The minimum absolute atomic E-state index is 0.0576. The summed E-state index contributed by atoms with van der Waals surface area (Å²) in [5.74, 6) is 0.713. The van der Waals surface area contributed by atoms with Gasteiger partial charge in [0.25, 0.3) is 0 Å². The van der Waals surface area contributed by atoms with Gasteiger partial charge in [0.05, 0.1) is 26.0 Å². The topological polar surface area (TPSA) is 101 Å². The first-order valence-electron chi connectivity index (χ1n) is 9.66. The quantitative estimate of drug-likeness (QED) is 0.680. The summed E-state index contributed by atoms with van der Waals surface area (Å²) < 4.78 is 38.2. The van der Waals surface area contributed by atoms with E-state index >= 15 is 0 Å². The Balaban J connectivity index is 1.70. The van der Waals surface area contributed by atoms with E-state index in [9.17, 15) is 13.2 Å². The SMILES string of the molecule is COc1ccc(NC(=O)CN[C@@H](C)c2ccco2)cc1S(=O)(=O)N1CCCCC1. The number of methoxy groups -OCH3 is 1. The minimum atomic E-state index is -3.69. The van der Waals surface area contributed by atoms with Gasteiger partial charge in [0.1, 0.15) is 16.4 Å². The number of carbonyl (C=O) groups excluding carboxylic acids is 1. The van der Waals surface area contributed by atoms with Crippen molar-refractivity contribution < 1.29 is 22.4 Å².